The van der Waals surface area contributed by atoms with Gasteiger partial charge in [-0.2, -0.15) is 0 Å². The van der Waals surface area contributed by atoms with Crippen LogP contribution in [0.2, 0.25) is 5.02 Å². The quantitative estimate of drug-likeness (QED) is 0.878. The van der Waals surface area contributed by atoms with E-state index in [1.54, 1.807) is 20.8 Å². The lowest BCUT2D eigenvalue weighted by Crippen LogP contribution is -2.41. The third kappa shape index (κ3) is 6.78. The highest BCUT2D eigenvalue weighted by atomic mass is 35.5. The molecular weight excluding hydrogens is 278 g/mol. The number of benzene rings is 1. The van der Waals surface area contributed by atoms with Crippen molar-refractivity contribution in [3.63, 3.8) is 0 Å². The first-order valence-electron chi connectivity index (χ1n) is 6.65. The zero-order valence-electron chi connectivity index (χ0n) is 12.1. The molecule has 1 aromatic carbocycles. The van der Waals surface area contributed by atoms with E-state index in [1.807, 2.05) is 24.3 Å². The number of rotatable bonds is 5. The number of amides is 1. The topological polar surface area (TPSA) is 58.6 Å². The molecule has 20 heavy (non-hydrogen) atoms. The molecule has 0 saturated carbocycles. The van der Waals surface area contributed by atoms with Crippen LogP contribution in [0.1, 0.15) is 32.8 Å². The van der Waals surface area contributed by atoms with Crippen molar-refractivity contribution in [3.8, 4) is 0 Å². The Morgan fingerprint density at radius 3 is 2.70 bits per heavy atom. The molecule has 0 aliphatic carbocycles. The van der Waals surface area contributed by atoms with Gasteiger partial charge in [-0.25, -0.2) is 4.79 Å². The summed E-state index contributed by atoms with van der Waals surface area (Å²) in [5.41, 5.74) is 0.527. The molecule has 1 aromatic rings. The van der Waals surface area contributed by atoms with Crippen LogP contribution in [0.25, 0.3) is 0 Å². The van der Waals surface area contributed by atoms with Crippen LogP contribution in [-0.4, -0.2) is 29.4 Å². The predicted octanol–water partition coefficient (Wildman–Crippen LogP) is 3.16. The van der Waals surface area contributed by atoms with Gasteiger partial charge in [0.2, 0.25) is 0 Å². The molecule has 0 spiro atoms. The summed E-state index contributed by atoms with van der Waals surface area (Å²) >= 11 is 5.91. The molecule has 0 radical (unpaired) electrons. The van der Waals surface area contributed by atoms with E-state index >= 15 is 0 Å². The molecule has 0 bridgehead atoms. The minimum absolute atomic E-state index is 0.125. The van der Waals surface area contributed by atoms with Gasteiger partial charge in [-0.1, -0.05) is 23.7 Å². The molecule has 0 fully saturated rings. The Bertz CT molecular complexity index is 443. The summed E-state index contributed by atoms with van der Waals surface area (Å²) < 4.78 is 5.16. The standard InChI is InChI=1S/C15H22ClNO3/c1-15(2,3)20-14(19)17-13(10-18)8-7-11-5-4-6-12(16)9-11/h4-6,9,13,18H,7-8,10H2,1-3H3,(H,17,19)/t13-/m1/s1. The second-order valence-corrected chi connectivity index (χ2v) is 6.13. The van der Waals surface area contributed by atoms with Crippen molar-refractivity contribution in [1.29, 1.82) is 0 Å². The number of carbonyl (C=O) groups is 1. The normalized spacial score (nSPS) is 12.8. The van der Waals surface area contributed by atoms with Crippen molar-refractivity contribution in [2.24, 2.45) is 0 Å². The molecule has 0 unspecified atom stereocenters. The summed E-state index contributed by atoms with van der Waals surface area (Å²) in [6.07, 6.45) is 0.833. The maximum atomic E-state index is 11.6. The van der Waals surface area contributed by atoms with Crippen molar-refractivity contribution < 1.29 is 14.6 Å². The van der Waals surface area contributed by atoms with Crippen LogP contribution in [0.5, 0.6) is 0 Å². The number of carbonyl (C=O) groups excluding carboxylic acids is 1. The maximum Gasteiger partial charge on any atom is 0.407 e. The molecule has 0 saturated heterocycles. The highest BCUT2D eigenvalue weighted by Gasteiger charge is 2.19. The number of alkyl carbamates (subject to hydrolysis) is 1. The predicted molar refractivity (Wildman–Crippen MR) is 80.0 cm³/mol. The van der Waals surface area contributed by atoms with Crippen LogP contribution in [0, 0.1) is 0 Å². The largest absolute Gasteiger partial charge is 0.444 e. The van der Waals surface area contributed by atoms with E-state index in [9.17, 15) is 9.90 Å². The molecule has 0 aliphatic heterocycles. The summed E-state index contributed by atoms with van der Waals surface area (Å²) in [5, 5.41) is 12.7. The molecule has 5 heteroatoms. The van der Waals surface area contributed by atoms with Crippen LogP contribution in [0.15, 0.2) is 24.3 Å². The molecule has 4 nitrogen and oxygen atoms in total. The smallest absolute Gasteiger partial charge is 0.407 e. The first kappa shape index (κ1) is 16.8. The summed E-state index contributed by atoms with van der Waals surface area (Å²) in [6, 6.07) is 7.21. The third-order valence-corrected chi connectivity index (χ3v) is 2.85. The number of ether oxygens (including phenoxy) is 1. The fraction of sp³-hybridized carbons (Fsp3) is 0.533. The zero-order chi connectivity index (χ0) is 15.2. The lowest BCUT2D eigenvalue weighted by molar-refractivity contribution is 0.0479. The Kier molecular flexibility index (Phi) is 6.30. The molecule has 1 rings (SSSR count). The summed E-state index contributed by atoms with van der Waals surface area (Å²) in [6.45, 7) is 5.27. The summed E-state index contributed by atoms with van der Waals surface area (Å²) in [4.78, 5) is 11.6. The minimum atomic E-state index is -0.545. The lowest BCUT2D eigenvalue weighted by atomic mass is 10.1. The first-order valence-corrected chi connectivity index (χ1v) is 7.03. The van der Waals surface area contributed by atoms with E-state index in [0.29, 0.717) is 11.4 Å². The van der Waals surface area contributed by atoms with Crippen molar-refractivity contribution in [2.75, 3.05) is 6.61 Å². The Morgan fingerprint density at radius 1 is 1.45 bits per heavy atom. The number of hydrogen-bond acceptors (Lipinski definition) is 3. The highest BCUT2D eigenvalue weighted by molar-refractivity contribution is 6.30. The Labute approximate surface area is 125 Å². The van der Waals surface area contributed by atoms with Gasteiger partial charge in [0.25, 0.3) is 0 Å². The van der Waals surface area contributed by atoms with Crippen LogP contribution >= 0.6 is 11.6 Å². The number of nitrogens with one attached hydrogen (secondary N) is 1. The van der Waals surface area contributed by atoms with Crippen molar-refractivity contribution >= 4 is 17.7 Å². The fourth-order valence-electron chi connectivity index (χ4n) is 1.72. The first-order chi connectivity index (χ1) is 9.30. The molecular formula is C15H22ClNO3. The zero-order valence-corrected chi connectivity index (χ0v) is 12.9. The fourth-order valence-corrected chi connectivity index (χ4v) is 1.93. The van der Waals surface area contributed by atoms with Crippen LogP contribution in [0.3, 0.4) is 0 Å². The number of aliphatic hydroxyl groups excluding tert-OH is 1. The second-order valence-electron chi connectivity index (χ2n) is 5.69. The van der Waals surface area contributed by atoms with E-state index in [0.717, 1.165) is 12.0 Å². The number of aryl methyl sites for hydroxylation is 1. The Morgan fingerprint density at radius 2 is 2.15 bits per heavy atom. The maximum absolute atomic E-state index is 11.6. The van der Waals surface area contributed by atoms with Gasteiger partial charge in [-0.05, 0) is 51.3 Å². The van der Waals surface area contributed by atoms with Gasteiger partial charge in [0.1, 0.15) is 5.60 Å². The van der Waals surface area contributed by atoms with Crippen LogP contribution in [0.4, 0.5) is 4.79 Å². The number of hydrogen-bond donors (Lipinski definition) is 2. The van der Waals surface area contributed by atoms with Crippen LogP contribution in [-0.2, 0) is 11.2 Å². The van der Waals surface area contributed by atoms with E-state index in [2.05, 4.69) is 5.32 Å². The van der Waals surface area contributed by atoms with Gasteiger partial charge < -0.3 is 15.2 Å². The average molecular weight is 300 g/mol. The molecule has 112 valence electrons. The molecule has 1 atom stereocenters. The highest BCUT2D eigenvalue weighted by Crippen LogP contribution is 2.13. The number of aliphatic hydroxyl groups is 1. The van der Waals surface area contributed by atoms with E-state index in [4.69, 9.17) is 16.3 Å². The van der Waals surface area contributed by atoms with Crippen molar-refractivity contribution in [3.05, 3.63) is 34.9 Å². The van der Waals surface area contributed by atoms with E-state index in [-0.39, 0.29) is 12.6 Å². The molecule has 0 heterocycles. The third-order valence-electron chi connectivity index (χ3n) is 2.61. The summed E-state index contributed by atoms with van der Waals surface area (Å²) in [7, 11) is 0. The van der Waals surface area contributed by atoms with Crippen molar-refractivity contribution in [1.82, 2.24) is 5.32 Å². The van der Waals surface area contributed by atoms with E-state index in [1.165, 1.54) is 0 Å². The SMILES string of the molecule is CC(C)(C)OC(=O)N[C@@H](CO)CCc1cccc(Cl)c1. The Balaban J connectivity index is 2.45. The second kappa shape index (κ2) is 7.50. The van der Waals surface area contributed by atoms with Gasteiger partial charge in [-0.3, -0.25) is 0 Å². The van der Waals surface area contributed by atoms with Gasteiger partial charge in [-0.15, -0.1) is 0 Å². The van der Waals surface area contributed by atoms with Crippen LogP contribution < -0.4 is 5.32 Å². The number of halogens is 1. The minimum Gasteiger partial charge on any atom is -0.444 e. The van der Waals surface area contributed by atoms with Gasteiger partial charge >= 0.3 is 6.09 Å². The molecule has 0 aromatic heterocycles. The van der Waals surface area contributed by atoms with Gasteiger partial charge in [0.05, 0.1) is 12.6 Å². The Hall–Kier alpha value is -1.26. The van der Waals surface area contributed by atoms with E-state index < -0.39 is 11.7 Å². The average Bonchev–Trinajstić information content (AvgIpc) is 2.32. The summed E-state index contributed by atoms with van der Waals surface area (Å²) in [5.74, 6) is 0. The monoisotopic (exact) mass is 299 g/mol. The molecule has 2 N–H and O–H groups in total. The lowest BCUT2D eigenvalue weighted by Gasteiger charge is -2.22. The van der Waals surface area contributed by atoms with Gasteiger partial charge in [0.15, 0.2) is 0 Å². The molecule has 1 amide bonds. The molecule has 0 aliphatic rings. The van der Waals surface area contributed by atoms with Gasteiger partial charge in [0, 0.05) is 5.02 Å². The van der Waals surface area contributed by atoms with Crippen molar-refractivity contribution in [2.45, 2.75) is 45.3 Å².